The van der Waals surface area contributed by atoms with Gasteiger partial charge in [0.1, 0.15) is 0 Å². The summed E-state index contributed by atoms with van der Waals surface area (Å²) < 4.78 is 28.5. The summed E-state index contributed by atoms with van der Waals surface area (Å²) in [6.07, 6.45) is 14.8. The fraction of sp³-hybridized carbons (Fsp3) is 0.321. The van der Waals surface area contributed by atoms with Gasteiger partial charge in [-0.25, -0.2) is 8.78 Å². The highest BCUT2D eigenvalue weighted by molar-refractivity contribution is 6.18. The van der Waals surface area contributed by atoms with E-state index in [1.807, 2.05) is 30.4 Å². The van der Waals surface area contributed by atoms with E-state index in [1.165, 1.54) is 0 Å². The van der Waals surface area contributed by atoms with Crippen LogP contribution in [0.25, 0.3) is 5.57 Å². The molecule has 4 heteroatoms. The summed E-state index contributed by atoms with van der Waals surface area (Å²) >= 11 is 0. The maximum Gasteiger partial charge on any atom is 0.166 e. The molecule has 0 aromatic heterocycles. The molecule has 0 bridgehead atoms. The van der Waals surface area contributed by atoms with Crippen LogP contribution in [0.4, 0.5) is 8.78 Å². The van der Waals surface area contributed by atoms with Crippen molar-refractivity contribution in [2.75, 3.05) is 19.6 Å². The average molecular weight is 435 g/mol. The lowest BCUT2D eigenvalue weighted by Crippen LogP contribution is -2.36. The molecule has 1 aliphatic heterocycles. The summed E-state index contributed by atoms with van der Waals surface area (Å²) in [5.41, 5.74) is 6.04. The molecular formula is C28H32F2N2. The van der Waals surface area contributed by atoms with E-state index in [4.69, 9.17) is 4.99 Å². The minimum Gasteiger partial charge on any atom is -0.374 e. The SMILES string of the molecule is C=C/C(=C\C=C/CC)CN=C1C(CC)=CC(c2cccc(F)c2F)=C/C1=C(/C)N1CCC1. The van der Waals surface area contributed by atoms with Crippen LogP contribution in [0.1, 0.15) is 45.6 Å². The van der Waals surface area contributed by atoms with Gasteiger partial charge in [-0.15, -0.1) is 0 Å². The third-order valence-corrected chi connectivity index (χ3v) is 5.92. The number of likely N-dealkylation sites (tertiary alicyclic amines) is 1. The van der Waals surface area contributed by atoms with E-state index >= 15 is 0 Å². The second-order valence-electron chi connectivity index (χ2n) is 8.01. The lowest BCUT2D eigenvalue weighted by molar-refractivity contribution is 0.238. The Kier molecular flexibility index (Phi) is 8.15. The molecule has 2 aliphatic rings. The summed E-state index contributed by atoms with van der Waals surface area (Å²) in [6.45, 7) is 12.7. The van der Waals surface area contributed by atoms with Gasteiger partial charge < -0.3 is 4.90 Å². The van der Waals surface area contributed by atoms with E-state index < -0.39 is 11.6 Å². The van der Waals surface area contributed by atoms with Crippen molar-refractivity contribution in [1.82, 2.24) is 4.90 Å². The van der Waals surface area contributed by atoms with Gasteiger partial charge in [0.25, 0.3) is 0 Å². The number of allylic oxidation sites excluding steroid dienone is 9. The van der Waals surface area contributed by atoms with Crippen molar-refractivity contribution in [1.29, 1.82) is 0 Å². The van der Waals surface area contributed by atoms with Crippen LogP contribution in [-0.2, 0) is 0 Å². The first-order chi connectivity index (χ1) is 15.5. The van der Waals surface area contributed by atoms with Crippen LogP contribution in [0.5, 0.6) is 0 Å². The monoisotopic (exact) mass is 434 g/mol. The summed E-state index contributed by atoms with van der Waals surface area (Å²) in [5, 5.41) is 0. The molecule has 1 fully saturated rings. The summed E-state index contributed by atoms with van der Waals surface area (Å²) in [6, 6.07) is 4.33. The van der Waals surface area contributed by atoms with Crippen molar-refractivity contribution in [3.8, 4) is 0 Å². The topological polar surface area (TPSA) is 15.6 Å². The summed E-state index contributed by atoms with van der Waals surface area (Å²) in [7, 11) is 0. The third-order valence-electron chi connectivity index (χ3n) is 5.92. The fourth-order valence-electron chi connectivity index (χ4n) is 3.81. The van der Waals surface area contributed by atoms with E-state index in [2.05, 4.69) is 38.3 Å². The lowest BCUT2D eigenvalue weighted by atomic mass is 9.86. The average Bonchev–Trinajstić information content (AvgIpc) is 2.76. The Bertz CT molecular complexity index is 1050. The molecule has 1 saturated heterocycles. The minimum absolute atomic E-state index is 0.278. The molecule has 1 aromatic rings. The predicted octanol–water partition coefficient (Wildman–Crippen LogP) is 7.20. The van der Waals surface area contributed by atoms with Crippen LogP contribution in [0.15, 0.2) is 88.6 Å². The van der Waals surface area contributed by atoms with Crippen LogP contribution in [0.3, 0.4) is 0 Å². The Morgan fingerprint density at radius 1 is 1.19 bits per heavy atom. The van der Waals surface area contributed by atoms with Crippen molar-refractivity contribution >= 4 is 11.3 Å². The number of hydrogen-bond donors (Lipinski definition) is 0. The number of benzene rings is 1. The number of nitrogens with zero attached hydrogens (tertiary/aromatic N) is 2. The first kappa shape index (κ1) is 23.6. The van der Waals surface area contributed by atoms with Gasteiger partial charge in [-0.2, -0.15) is 0 Å². The number of aliphatic imine (C=N–C) groups is 1. The third kappa shape index (κ3) is 5.24. The largest absolute Gasteiger partial charge is 0.374 e. The van der Waals surface area contributed by atoms with Gasteiger partial charge in [0.15, 0.2) is 11.6 Å². The minimum atomic E-state index is -0.833. The molecule has 1 aromatic carbocycles. The second-order valence-corrected chi connectivity index (χ2v) is 8.01. The maximum atomic E-state index is 14.6. The van der Waals surface area contributed by atoms with Crippen LogP contribution >= 0.6 is 0 Å². The van der Waals surface area contributed by atoms with E-state index in [-0.39, 0.29) is 5.56 Å². The smallest absolute Gasteiger partial charge is 0.166 e. The Labute approximate surface area is 190 Å². The van der Waals surface area contributed by atoms with Crippen LogP contribution < -0.4 is 0 Å². The van der Waals surface area contributed by atoms with E-state index in [9.17, 15) is 8.78 Å². The van der Waals surface area contributed by atoms with Crippen molar-refractivity contribution in [2.45, 2.75) is 40.0 Å². The van der Waals surface area contributed by atoms with Gasteiger partial charge in [0.2, 0.25) is 0 Å². The van der Waals surface area contributed by atoms with Gasteiger partial charge in [-0.05, 0) is 61.1 Å². The highest BCUT2D eigenvalue weighted by atomic mass is 19.2. The zero-order valence-electron chi connectivity index (χ0n) is 19.3. The van der Waals surface area contributed by atoms with Gasteiger partial charge in [0.05, 0.1) is 12.3 Å². The van der Waals surface area contributed by atoms with Crippen LogP contribution in [0.2, 0.25) is 0 Å². The molecule has 0 spiro atoms. The number of hydrogen-bond acceptors (Lipinski definition) is 2. The molecular weight excluding hydrogens is 402 g/mol. The van der Waals surface area contributed by atoms with Crippen molar-refractivity contribution in [2.24, 2.45) is 4.99 Å². The normalized spacial score (nSPS) is 19.7. The molecule has 0 radical (unpaired) electrons. The van der Waals surface area contributed by atoms with Crippen molar-refractivity contribution in [3.63, 3.8) is 0 Å². The van der Waals surface area contributed by atoms with E-state index in [1.54, 1.807) is 12.1 Å². The first-order valence-corrected chi connectivity index (χ1v) is 11.4. The number of halogens is 2. The molecule has 2 nitrogen and oxygen atoms in total. The summed E-state index contributed by atoms with van der Waals surface area (Å²) in [5.74, 6) is -1.65. The highest BCUT2D eigenvalue weighted by Gasteiger charge is 2.25. The standard InChI is InChI=1S/C28H32F2N2/c1-5-8-9-12-21(6-2)19-31-28-22(7-3)17-23(24-13-10-14-26(29)27(24)30)18-25(28)20(4)32-15-11-16-32/h6,8-10,12-14,17-18H,2,5,7,11,15-16,19H2,1,3-4H3/b9-8-,21-12+,25-20+,31-28?. The predicted molar refractivity (Wildman–Crippen MR) is 132 cm³/mol. The number of rotatable bonds is 8. The molecule has 1 heterocycles. The van der Waals surface area contributed by atoms with E-state index in [0.717, 1.165) is 66.5 Å². The lowest BCUT2D eigenvalue weighted by Gasteiger charge is -2.36. The Hall–Kier alpha value is -3.01. The zero-order valence-corrected chi connectivity index (χ0v) is 19.3. The molecule has 168 valence electrons. The molecule has 0 atom stereocenters. The zero-order chi connectivity index (χ0) is 23.1. The van der Waals surface area contributed by atoms with Gasteiger partial charge >= 0.3 is 0 Å². The molecule has 0 saturated carbocycles. The molecule has 32 heavy (non-hydrogen) atoms. The Morgan fingerprint density at radius 2 is 1.97 bits per heavy atom. The quantitative estimate of drug-likeness (QED) is 0.395. The molecule has 0 amide bonds. The van der Waals surface area contributed by atoms with Gasteiger partial charge in [-0.1, -0.05) is 56.9 Å². The molecule has 0 N–H and O–H groups in total. The van der Waals surface area contributed by atoms with Gasteiger partial charge in [0, 0.05) is 29.9 Å². The molecule has 3 rings (SSSR count). The fourth-order valence-corrected chi connectivity index (χ4v) is 3.81. The van der Waals surface area contributed by atoms with Crippen molar-refractivity contribution in [3.05, 3.63) is 101 Å². The second kappa shape index (κ2) is 11.0. The highest BCUT2D eigenvalue weighted by Crippen LogP contribution is 2.33. The van der Waals surface area contributed by atoms with Gasteiger partial charge in [-0.3, -0.25) is 4.99 Å². The van der Waals surface area contributed by atoms with Crippen LogP contribution in [-0.4, -0.2) is 30.2 Å². The Balaban J connectivity index is 2.08. The maximum absolute atomic E-state index is 14.6. The van der Waals surface area contributed by atoms with Crippen LogP contribution in [0, 0.1) is 11.6 Å². The summed E-state index contributed by atoms with van der Waals surface area (Å²) in [4.78, 5) is 7.29. The Morgan fingerprint density at radius 3 is 2.59 bits per heavy atom. The first-order valence-electron chi connectivity index (χ1n) is 11.4. The van der Waals surface area contributed by atoms with Crippen molar-refractivity contribution < 1.29 is 8.78 Å². The molecule has 0 unspecified atom stereocenters. The molecule has 1 aliphatic carbocycles. The van der Waals surface area contributed by atoms with E-state index in [0.29, 0.717) is 12.1 Å².